The van der Waals surface area contributed by atoms with Gasteiger partial charge in [0, 0.05) is 12.6 Å². The van der Waals surface area contributed by atoms with E-state index < -0.39 is 0 Å². The van der Waals surface area contributed by atoms with Crippen molar-refractivity contribution < 1.29 is 9.90 Å². The minimum atomic E-state index is -0.215. The first-order valence-electron chi connectivity index (χ1n) is 6.39. The second-order valence-electron chi connectivity index (χ2n) is 5.17. The van der Waals surface area contributed by atoms with Gasteiger partial charge in [0.1, 0.15) is 5.75 Å². The van der Waals surface area contributed by atoms with Crippen molar-refractivity contribution in [2.24, 2.45) is 11.7 Å². The van der Waals surface area contributed by atoms with Crippen molar-refractivity contribution in [3.8, 4) is 5.75 Å². The highest BCUT2D eigenvalue weighted by Gasteiger charge is 2.22. The van der Waals surface area contributed by atoms with Crippen LogP contribution in [0.1, 0.15) is 35.2 Å². The molecule has 0 radical (unpaired) electrons. The van der Waals surface area contributed by atoms with Crippen molar-refractivity contribution in [1.29, 1.82) is 0 Å². The number of rotatable bonds is 3. The van der Waals surface area contributed by atoms with E-state index in [4.69, 9.17) is 5.73 Å². The first-order chi connectivity index (χ1) is 8.56. The summed E-state index contributed by atoms with van der Waals surface area (Å²) in [5, 5.41) is 12.6. The molecule has 1 aromatic rings. The number of hydrogen-bond acceptors (Lipinski definition) is 3. The molecule has 1 saturated carbocycles. The number of nitrogens with one attached hydrogen (secondary N) is 1. The number of aryl methyl sites for hydroxylation is 1. The SMILES string of the molecule is Cc1ccc(C(=O)NCC2CCC(N)C2)c(O)c1. The van der Waals surface area contributed by atoms with Crippen molar-refractivity contribution in [1.82, 2.24) is 5.32 Å². The molecular weight excluding hydrogens is 228 g/mol. The van der Waals surface area contributed by atoms with Crippen LogP contribution in [0.3, 0.4) is 0 Å². The Hall–Kier alpha value is -1.55. The van der Waals surface area contributed by atoms with Gasteiger partial charge in [0.2, 0.25) is 0 Å². The van der Waals surface area contributed by atoms with Gasteiger partial charge in [-0.25, -0.2) is 0 Å². The van der Waals surface area contributed by atoms with E-state index in [0.29, 0.717) is 18.0 Å². The van der Waals surface area contributed by atoms with Crippen LogP contribution in [0.5, 0.6) is 5.75 Å². The summed E-state index contributed by atoms with van der Waals surface area (Å²) in [5.41, 5.74) is 7.10. The molecule has 0 spiro atoms. The van der Waals surface area contributed by atoms with Crippen molar-refractivity contribution in [3.05, 3.63) is 29.3 Å². The number of benzene rings is 1. The molecule has 1 aromatic carbocycles. The van der Waals surface area contributed by atoms with Crippen LogP contribution in [0.4, 0.5) is 0 Å². The summed E-state index contributed by atoms with van der Waals surface area (Å²) < 4.78 is 0. The third-order valence-electron chi connectivity index (χ3n) is 3.53. The molecule has 1 amide bonds. The van der Waals surface area contributed by atoms with E-state index in [2.05, 4.69) is 5.32 Å². The van der Waals surface area contributed by atoms with Crippen molar-refractivity contribution in [2.45, 2.75) is 32.2 Å². The van der Waals surface area contributed by atoms with Gasteiger partial charge < -0.3 is 16.2 Å². The molecule has 1 fully saturated rings. The number of phenols is 1. The number of carbonyl (C=O) groups excluding carboxylic acids is 1. The molecule has 4 nitrogen and oxygen atoms in total. The quantitative estimate of drug-likeness (QED) is 0.759. The molecule has 2 rings (SSSR count). The zero-order chi connectivity index (χ0) is 13.1. The van der Waals surface area contributed by atoms with Crippen molar-refractivity contribution in [3.63, 3.8) is 0 Å². The van der Waals surface area contributed by atoms with Gasteiger partial charge in [-0.15, -0.1) is 0 Å². The number of amides is 1. The molecule has 4 heteroatoms. The average molecular weight is 248 g/mol. The number of phenolic OH excluding ortho intramolecular Hbond substituents is 1. The van der Waals surface area contributed by atoms with E-state index in [1.807, 2.05) is 13.0 Å². The van der Waals surface area contributed by atoms with E-state index in [1.165, 1.54) is 0 Å². The van der Waals surface area contributed by atoms with Crippen LogP contribution in [-0.4, -0.2) is 23.6 Å². The summed E-state index contributed by atoms with van der Waals surface area (Å²) in [4.78, 5) is 11.9. The molecule has 0 saturated heterocycles. The van der Waals surface area contributed by atoms with Crippen LogP contribution in [0.25, 0.3) is 0 Å². The molecule has 4 N–H and O–H groups in total. The zero-order valence-corrected chi connectivity index (χ0v) is 10.6. The van der Waals surface area contributed by atoms with Gasteiger partial charge >= 0.3 is 0 Å². The summed E-state index contributed by atoms with van der Waals surface area (Å²) in [6.07, 6.45) is 3.08. The first-order valence-corrected chi connectivity index (χ1v) is 6.39. The lowest BCUT2D eigenvalue weighted by Gasteiger charge is -2.12. The van der Waals surface area contributed by atoms with Crippen molar-refractivity contribution >= 4 is 5.91 Å². The second-order valence-corrected chi connectivity index (χ2v) is 5.17. The smallest absolute Gasteiger partial charge is 0.255 e. The summed E-state index contributed by atoms with van der Waals surface area (Å²) in [7, 11) is 0. The molecule has 1 aliphatic carbocycles. The molecule has 2 atom stereocenters. The Morgan fingerprint density at radius 2 is 2.28 bits per heavy atom. The Labute approximate surface area is 107 Å². The molecule has 0 aliphatic heterocycles. The maximum absolute atomic E-state index is 11.9. The van der Waals surface area contributed by atoms with E-state index in [-0.39, 0.29) is 17.7 Å². The fourth-order valence-corrected chi connectivity index (χ4v) is 2.46. The lowest BCUT2D eigenvalue weighted by atomic mass is 10.1. The number of aromatic hydroxyl groups is 1. The Morgan fingerprint density at radius 3 is 2.89 bits per heavy atom. The van der Waals surface area contributed by atoms with E-state index in [9.17, 15) is 9.90 Å². The van der Waals surface area contributed by atoms with Gasteiger partial charge in [-0.2, -0.15) is 0 Å². The first kappa shape index (κ1) is 12.9. The van der Waals surface area contributed by atoms with Gasteiger partial charge in [0.05, 0.1) is 5.56 Å². The molecular formula is C14H20N2O2. The summed E-state index contributed by atoms with van der Waals surface area (Å²) >= 11 is 0. The second kappa shape index (κ2) is 5.40. The molecule has 0 bridgehead atoms. The van der Waals surface area contributed by atoms with Crippen LogP contribution in [0.2, 0.25) is 0 Å². The zero-order valence-electron chi connectivity index (χ0n) is 10.6. The monoisotopic (exact) mass is 248 g/mol. The Kier molecular flexibility index (Phi) is 3.87. The standard InChI is InChI=1S/C14H20N2O2/c1-9-2-5-12(13(17)6-9)14(18)16-8-10-3-4-11(15)7-10/h2,5-6,10-11,17H,3-4,7-8,15H2,1H3,(H,16,18). The van der Waals surface area contributed by atoms with Gasteiger partial charge in [-0.1, -0.05) is 6.07 Å². The molecule has 1 aliphatic rings. The molecule has 98 valence electrons. The topological polar surface area (TPSA) is 75.4 Å². The number of nitrogens with two attached hydrogens (primary N) is 1. The van der Waals surface area contributed by atoms with Crippen LogP contribution in [-0.2, 0) is 0 Å². The van der Waals surface area contributed by atoms with Crippen molar-refractivity contribution in [2.75, 3.05) is 6.54 Å². The highest BCUT2D eigenvalue weighted by atomic mass is 16.3. The fraction of sp³-hybridized carbons (Fsp3) is 0.500. The summed E-state index contributed by atoms with van der Waals surface area (Å²) in [6.45, 7) is 2.52. The summed E-state index contributed by atoms with van der Waals surface area (Å²) in [5.74, 6) is 0.292. The van der Waals surface area contributed by atoms with Crippen LogP contribution in [0, 0.1) is 12.8 Å². The highest BCUT2D eigenvalue weighted by Crippen LogP contribution is 2.23. The summed E-state index contributed by atoms with van der Waals surface area (Å²) in [6, 6.07) is 5.35. The Morgan fingerprint density at radius 1 is 1.50 bits per heavy atom. The lowest BCUT2D eigenvalue weighted by Crippen LogP contribution is -2.29. The number of hydrogen-bond donors (Lipinski definition) is 3. The molecule has 0 aromatic heterocycles. The Balaban J connectivity index is 1.91. The highest BCUT2D eigenvalue weighted by molar-refractivity contribution is 5.96. The molecule has 0 heterocycles. The van der Waals surface area contributed by atoms with Gasteiger partial charge in [-0.3, -0.25) is 4.79 Å². The third kappa shape index (κ3) is 3.01. The van der Waals surface area contributed by atoms with Gasteiger partial charge in [-0.05, 0) is 49.8 Å². The van der Waals surface area contributed by atoms with Crippen LogP contribution < -0.4 is 11.1 Å². The lowest BCUT2D eigenvalue weighted by molar-refractivity contribution is 0.0944. The van der Waals surface area contributed by atoms with Gasteiger partial charge in [0.15, 0.2) is 0 Å². The normalized spacial score (nSPS) is 23.0. The molecule has 2 unspecified atom stereocenters. The van der Waals surface area contributed by atoms with Crippen LogP contribution >= 0.6 is 0 Å². The number of carbonyl (C=O) groups is 1. The maximum Gasteiger partial charge on any atom is 0.255 e. The average Bonchev–Trinajstić information content (AvgIpc) is 2.72. The third-order valence-corrected chi connectivity index (χ3v) is 3.53. The Bertz CT molecular complexity index is 445. The molecule has 18 heavy (non-hydrogen) atoms. The predicted molar refractivity (Wildman–Crippen MR) is 70.5 cm³/mol. The van der Waals surface area contributed by atoms with E-state index in [0.717, 1.165) is 24.8 Å². The largest absolute Gasteiger partial charge is 0.507 e. The fourth-order valence-electron chi connectivity index (χ4n) is 2.46. The van der Waals surface area contributed by atoms with Crippen LogP contribution in [0.15, 0.2) is 18.2 Å². The van der Waals surface area contributed by atoms with Gasteiger partial charge in [0.25, 0.3) is 5.91 Å². The minimum absolute atomic E-state index is 0.0376. The van der Waals surface area contributed by atoms with E-state index in [1.54, 1.807) is 12.1 Å². The minimum Gasteiger partial charge on any atom is -0.507 e. The predicted octanol–water partition coefficient (Wildman–Crippen LogP) is 1.56. The van der Waals surface area contributed by atoms with E-state index >= 15 is 0 Å². The maximum atomic E-state index is 11.9.